The minimum Gasteiger partial charge on any atom is -0.478 e. The van der Waals surface area contributed by atoms with Gasteiger partial charge >= 0.3 is 5.97 Å². The van der Waals surface area contributed by atoms with Crippen LogP contribution in [0.5, 0.6) is 5.75 Å². The monoisotopic (exact) mass is 327 g/mol. The molecule has 0 unspecified atom stereocenters. The van der Waals surface area contributed by atoms with Crippen molar-refractivity contribution in [2.24, 2.45) is 0 Å². The standard InChI is InChI=1S/C15H15Cl2NO3/c1-8(2)21-13(19)7-20-15-12(17)6-11(16)10-5-4-9(3)18-14(10)15/h4-6,8H,7H2,1-3H3. The van der Waals surface area contributed by atoms with E-state index in [-0.39, 0.29) is 12.7 Å². The topological polar surface area (TPSA) is 48.4 Å². The van der Waals surface area contributed by atoms with Crippen molar-refractivity contribution in [2.45, 2.75) is 26.9 Å². The third-order valence-electron chi connectivity index (χ3n) is 2.68. The summed E-state index contributed by atoms with van der Waals surface area (Å²) in [6.45, 7) is 5.16. The van der Waals surface area contributed by atoms with Crippen LogP contribution in [0.25, 0.3) is 10.9 Å². The Morgan fingerprint density at radius 3 is 2.67 bits per heavy atom. The largest absolute Gasteiger partial charge is 0.478 e. The van der Waals surface area contributed by atoms with Crippen molar-refractivity contribution in [3.8, 4) is 5.75 Å². The van der Waals surface area contributed by atoms with E-state index in [9.17, 15) is 4.79 Å². The number of fused-ring (bicyclic) bond motifs is 1. The van der Waals surface area contributed by atoms with E-state index in [0.29, 0.717) is 21.3 Å². The summed E-state index contributed by atoms with van der Waals surface area (Å²) in [7, 11) is 0. The lowest BCUT2D eigenvalue weighted by atomic mass is 10.2. The normalized spacial score (nSPS) is 11.0. The molecule has 6 heteroatoms. The van der Waals surface area contributed by atoms with Crippen molar-refractivity contribution in [2.75, 3.05) is 6.61 Å². The highest BCUT2D eigenvalue weighted by molar-refractivity contribution is 6.39. The van der Waals surface area contributed by atoms with Crippen molar-refractivity contribution >= 4 is 40.1 Å². The first kappa shape index (κ1) is 15.9. The molecule has 0 fully saturated rings. The van der Waals surface area contributed by atoms with Gasteiger partial charge in [0.25, 0.3) is 0 Å². The fraction of sp³-hybridized carbons (Fsp3) is 0.333. The average Bonchev–Trinajstić information content (AvgIpc) is 2.37. The van der Waals surface area contributed by atoms with E-state index in [1.54, 1.807) is 19.9 Å². The minimum atomic E-state index is -0.461. The number of carbonyl (C=O) groups excluding carboxylic acids is 1. The molecule has 2 rings (SSSR count). The third-order valence-corrected chi connectivity index (χ3v) is 3.27. The molecule has 2 aromatic rings. The van der Waals surface area contributed by atoms with E-state index in [1.165, 1.54) is 0 Å². The Bertz CT molecular complexity index is 686. The van der Waals surface area contributed by atoms with Gasteiger partial charge in [-0.3, -0.25) is 0 Å². The first-order valence-electron chi connectivity index (χ1n) is 6.46. The van der Waals surface area contributed by atoms with Crippen molar-refractivity contribution in [1.29, 1.82) is 0 Å². The number of hydrogen-bond acceptors (Lipinski definition) is 4. The molecule has 112 valence electrons. The van der Waals surface area contributed by atoms with Crippen LogP contribution in [0.3, 0.4) is 0 Å². The molecule has 4 nitrogen and oxygen atoms in total. The summed E-state index contributed by atoms with van der Waals surface area (Å²) >= 11 is 12.3. The zero-order valence-electron chi connectivity index (χ0n) is 11.9. The van der Waals surface area contributed by atoms with Gasteiger partial charge in [-0.25, -0.2) is 9.78 Å². The maximum Gasteiger partial charge on any atom is 0.344 e. The Hall–Kier alpha value is -1.52. The van der Waals surface area contributed by atoms with Crippen molar-refractivity contribution in [3.63, 3.8) is 0 Å². The van der Waals surface area contributed by atoms with Gasteiger partial charge in [0.2, 0.25) is 0 Å². The van der Waals surface area contributed by atoms with Gasteiger partial charge < -0.3 is 9.47 Å². The average molecular weight is 328 g/mol. The summed E-state index contributed by atoms with van der Waals surface area (Å²) < 4.78 is 10.5. The molecule has 0 amide bonds. The van der Waals surface area contributed by atoms with Crippen molar-refractivity contribution in [3.05, 3.63) is 33.9 Å². The molecule has 0 radical (unpaired) electrons. The van der Waals surface area contributed by atoms with Crippen molar-refractivity contribution < 1.29 is 14.3 Å². The maximum atomic E-state index is 11.6. The van der Waals surface area contributed by atoms with E-state index in [2.05, 4.69) is 4.98 Å². The molecule has 21 heavy (non-hydrogen) atoms. The van der Waals surface area contributed by atoms with Gasteiger partial charge in [-0.15, -0.1) is 0 Å². The Morgan fingerprint density at radius 1 is 1.29 bits per heavy atom. The van der Waals surface area contributed by atoms with E-state index in [4.69, 9.17) is 32.7 Å². The fourth-order valence-corrected chi connectivity index (χ4v) is 2.43. The number of ether oxygens (including phenoxy) is 2. The van der Waals surface area contributed by atoms with E-state index < -0.39 is 5.97 Å². The van der Waals surface area contributed by atoms with Crippen LogP contribution in [0.15, 0.2) is 18.2 Å². The number of benzene rings is 1. The second-order valence-electron chi connectivity index (χ2n) is 4.85. The summed E-state index contributed by atoms with van der Waals surface area (Å²) in [5.41, 5.74) is 1.33. The molecular formula is C15H15Cl2NO3. The summed E-state index contributed by atoms with van der Waals surface area (Å²) in [6, 6.07) is 5.26. The van der Waals surface area contributed by atoms with Crippen LogP contribution in [0.2, 0.25) is 10.0 Å². The van der Waals surface area contributed by atoms with E-state index in [0.717, 1.165) is 11.1 Å². The van der Waals surface area contributed by atoms with Gasteiger partial charge in [-0.05, 0) is 39.0 Å². The van der Waals surface area contributed by atoms with Gasteiger partial charge in [0.1, 0.15) is 5.52 Å². The summed E-state index contributed by atoms with van der Waals surface area (Å²) in [5.74, 6) is -0.128. The lowest BCUT2D eigenvalue weighted by Gasteiger charge is -2.13. The zero-order valence-corrected chi connectivity index (χ0v) is 13.5. The van der Waals surface area contributed by atoms with Crippen LogP contribution < -0.4 is 4.74 Å². The number of aromatic nitrogens is 1. The molecule has 0 N–H and O–H groups in total. The second kappa shape index (κ2) is 6.50. The SMILES string of the molecule is Cc1ccc2c(Cl)cc(Cl)c(OCC(=O)OC(C)C)c2n1. The Labute approximate surface area is 133 Å². The number of carbonyl (C=O) groups is 1. The van der Waals surface area contributed by atoms with Crippen LogP contribution in [0.4, 0.5) is 0 Å². The zero-order chi connectivity index (χ0) is 15.6. The maximum absolute atomic E-state index is 11.6. The predicted octanol–water partition coefficient (Wildman–Crippen LogP) is 4.18. The molecule has 1 aromatic heterocycles. The number of esters is 1. The molecule has 0 aliphatic rings. The number of aryl methyl sites for hydroxylation is 1. The van der Waals surface area contributed by atoms with Crippen LogP contribution in [0.1, 0.15) is 19.5 Å². The van der Waals surface area contributed by atoms with Crippen LogP contribution in [-0.2, 0) is 9.53 Å². The summed E-state index contributed by atoms with van der Waals surface area (Å²) in [4.78, 5) is 16.0. The fourth-order valence-electron chi connectivity index (χ4n) is 1.86. The highest BCUT2D eigenvalue weighted by atomic mass is 35.5. The number of halogens is 2. The molecule has 0 bridgehead atoms. The quantitative estimate of drug-likeness (QED) is 0.790. The number of hydrogen-bond donors (Lipinski definition) is 0. The molecule has 1 heterocycles. The summed E-state index contributed by atoms with van der Waals surface area (Å²) in [5, 5.41) is 1.52. The lowest BCUT2D eigenvalue weighted by Crippen LogP contribution is -2.19. The Kier molecular flexibility index (Phi) is 4.91. The van der Waals surface area contributed by atoms with Crippen molar-refractivity contribution in [1.82, 2.24) is 4.98 Å². The molecular weight excluding hydrogens is 313 g/mol. The molecule has 0 saturated heterocycles. The highest BCUT2D eigenvalue weighted by Gasteiger charge is 2.15. The molecule has 1 aromatic carbocycles. The highest BCUT2D eigenvalue weighted by Crippen LogP contribution is 2.37. The second-order valence-corrected chi connectivity index (χ2v) is 5.66. The van der Waals surface area contributed by atoms with E-state index in [1.807, 2.05) is 19.1 Å². The molecule has 0 atom stereocenters. The van der Waals surface area contributed by atoms with E-state index >= 15 is 0 Å². The Balaban J connectivity index is 2.34. The minimum absolute atomic E-state index is 0.195. The van der Waals surface area contributed by atoms with Gasteiger partial charge in [0.05, 0.1) is 16.1 Å². The summed E-state index contributed by atoms with van der Waals surface area (Å²) in [6.07, 6.45) is -0.195. The molecule has 0 aliphatic carbocycles. The Morgan fingerprint density at radius 2 is 2.00 bits per heavy atom. The van der Waals surface area contributed by atoms with Gasteiger partial charge in [0, 0.05) is 11.1 Å². The smallest absolute Gasteiger partial charge is 0.344 e. The lowest BCUT2D eigenvalue weighted by molar-refractivity contribution is -0.149. The number of rotatable bonds is 4. The first-order chi connectivity index (χ1) is 9.88. The van der Waals surface area contributed by atoms with Gasteiger partial charge in [-0.2, -0.15) is 0 Å². The van der Waals surface area contributed by atoms with Crippen LogP contribution in [-0.4, -0.2) is 23.7 Å². The number of nitrogens with zero attached hydrogens (tertiary/aromatic N) is 1. The van der Waals surface area contributed by atoms with Gasteiger partial charge in [-0.1, -0.05) is 23.2 Å². The van der Waals surface area contributed by atoms with Crippen LogP contribution in [0, 0.1) is 6.92 Å². The third kappa shape index (κ3) is 3.77. The number of pyridine rings is 1. The first-order valence-corrected chi connectivity index (χ1v) is 7.21. The van der Waals surface area contributed by atoms with Crippen LogP contribution >= 0.6 is 23.2 Å². The molecule has 0 spiro atoms. The van der Waals surface area contributed by atoms with Gasteiger partial charge in [0.15, 0.2) is 12.4 Å². The predicted molar refractivity (Wildman–Crippen MR) is 83.2 cm³/mol. The molecule has 0 saturated carbocycles. The molecule has 0 aliphatic heterocycles.